The highest BCUT2D eigenvalue weighted by Gasteiger charge is 2.48. The van der Waals surface area contributed by atoms with Crippen molar-refractivity contribution in [2.24, 2.45) is 5.41 Å². The van der Waals surface area contributed by atoms with Gasteiger partial charge in [-0.2, -0.15) is 0 Å². The van der Waals surface area contributed by atoms with Crippen LogP contribution < -0.4 is 0 Å². The lowest BCUT2D eigenvalue weighted by atomic mass is 9.72. The van der Waals surface area contributed by atoms with Gasteiger partial charge in [0.15, 0.2) is 0 Å². The summed E-state index contributed by atoms with van der Waals surface area (Å²) in [7, 11) is 0. The average molecular weight is 360 g/mol. The Labute approximate surface area is 155 Å². The zero-order chi connectivity index (χ0) is 18.8. The Balaban J connectivity index is 1.41. The van der Waals surface area contributed by atoms with E-state index in [0.717, 1.165) is 18.4 Å². The zero-order valence-electron chi connectivity index (χ0n) is 15.9. The van der Waals surface area contributed by atoms with Gasteiger partial charge in [0.25, 0.3) is 0 Å². The normalized spacial score (nSPS) is 19.0. The molecule has 2 aliphatic rings. The summed E-state index contributed by atoms with van der Waals surface area (Å²) in [4.78, 5) is 27.8. The van der Waals surface area contributed by atoms with Crippen LogP contribution in [0.4, 0.5) is 9.59 Å². The molecular formula is C20H28N2O4. The van der Waals surface area contributed by atoms with Gasteiger partial charge in [0.2, 0.25) is 0 Å². The Morgan fingerprint density at radius 1 is 1.00 bits per heavy atom. The summed E-state index contributed by atoms with van der Waals surface area (Å²) in [6, 6.07) is 9.68. The predicted molar refractivity (Wildman–Crippen MR) is 97.7 cm³/mol. The Morgan fingerprint density at radius 2 is 1.62 bits per heavy atom. The van der Waals surface area contributed by atoms with E-state index in [1.165, 1.54) is 0 Å². The van der Waals surface area contributed by atoms with Crippen LogP contribution in [0.1, 0.15) is 39.2 Å². The minimum Gasteiger partial charge on any atom is -0.445 e. The number of benzene rings is 1. The van der Waals surface area contributed by atoms with Crippen molar-refractivity contribution >= 4 is 12.2 Å². The lowest BCUT2D eigenvalue weighted by molar-refractivity contribution is -0.0479. The predicted octanol–water partition coefficient (Wildman–Crippen LogP) is 3.66. The van der Waals surface area contributed by atoms with Gasteiger partial charge in [-0.15, -0.1) is 0 Å². The molecule has 6 heteroatoms. The van der Waals surface area contributed by atoms with E-state index in [4.69, 9.17) is 9.47 Å². The molecule has 1 spiro atoms. The number of amides is 2. The molecule has 1 aromatic rings. The molecule has 1 aromatic carbocycles. The molecule has 0 atom stereocenters. The third kappa shape index (κ3) is 4.48. The first-order chi connectivity index (χ1) is 12.3. The molecule has 0 aliphatic carbocycles. The molecule has 0 radical (unpaired) electrons. The number of hydrogen-bond acceptors (Lipinski definition) is 4. The molecular weight excluding hydrogens is 332 g/mol. The fraction of sp³-hybridized carbons (Fsp3) is 0.600. The summed E-state index contributed by atoms with van der Waals surface area (Å²) in [6.45, 7) is 8.72. The van der Waals surface area contributed by atoms with E-state index < -0.39 is 5.60 Å². The molecule has 0 N–H and O–H groups in total. The monoisotopic (exact) mass is 360 g/mol. The van der Waals surface area contributed by atoms with Crippen molar-refractivity contribution in [3.05, 3.63) is 35.9 Å². The number of hydrogen-bond donors (Lipinski definition) is 0. The standard InChI is InChI=1S/C20H28N2O4/c1-19(2,3)26-18(24)21-11-9-20(10-12-21)14-22(15-20)17(23)25-13-16-7-5-4-6-8-16/h4-8H,9-15H2,1-3H3. The van der Waals surface area contributed by atoms with Crippen molar-refractivity contribution in [2.45, 2.75) is 45.8 Å². The Kier molecular flexibility index (Phi) is 5.12. The number of nitrogens with zero attached hydrogens (tertiary/aromatic N) is 2. The van der Waals surface area contributed by atoms with Gasteiger partial charge < -0.3 is 19.3 Å². The van der Waals surface area contributed by atoms with Crippen molar-refractivity contribution in [3.63, 3.8) is 0 Å². The number of carbonyl (C=O) groups is 2. The number of ether oxygens (including phenoxy) is 2. The molecule has 2 amide bonds. The molecule has 142 valence electrons. The third-order valence-corrected chi connectivity index (χ3v) is 4.99. The number of rotatable bonds is 2. The maximum absolute atomic E-state index is 12.2. The van der Waals surface area contributed by atoms with E-state index in [0.29, 0.717) is 32.8 Å². The van der Waals surface area contributed by atoms with Crippen LogP contribution in [0.25, 0.3) is 0 Å². The van der Waals surface area contributed by atoms with Crippen molar-refractivity contribution in [2.75, 3.05) is 26.2 Å². The molecule has 3 rings (SSSR count). The Hall–Kier alpha value is -2.24. The second-order valence-corrected chi connectivity index (χ2v) is 8.36. The van der Waals surface area contributed by atoms with Crippen molar-refractivity contribution < 1.29 is 19.1 Å². The van der Waals surface area contributed by atoms with Gasteiger partial charge in [-0.25, -0.2) is 9.59 Å². The van der Waals surface area contributed by atoms with Crippen LogP contribution in [-0.4, -0.2) is 53.8 Å². The van der Waals surface area contributed by atoms with E-state index in [1.54, 1.807) is 9.80 Å². The Morgan fingerprint density at radius 3 is 2.19 bits per heavy atom. The number of carbonyl (C=O) groups excluding carboxylic acids is 2. The second-order valence-electron chi connectivity index (χ2n) is 8.36. The topological polar surface area (TPSA) is 59.1 Å². The summed E-state index contributed by atoms with van der Waals surface area (Å²) < 4.78 is 10.8. The molecule has 2 saturated heterocycles. The summed E-state index contributed by atoms with van der Waals surface area (Å²) in [5.74, 6) is 0. The Bertz CT molecular complexity index is 638. The van der Waals surface area contributed by atoms with E-state index in [-0.39, 0.29) is 17.6 Å². The minimum atomic E-state index is -0.470. The zero-order valence-corrected chi connectivity index (χ0v) is 15.9. The summed E-state index contributed by atoms with van der Waals surface area (Å²) in [5.41, 5.74) is 0.647. The van der Waals surface area contributed by atoms with Crippen LogP contribution in [-0.2, 0) is 16.1 Å². The molecule has 2 heterocycles. The second kappa shape index (κ2) is 7.17. The van der Waals surface area contributed by atoms with E-state index in [2.05, 4.69) is 0 Å². The molecule has 2 aliphatic heterocycles. The molecule has 0 aromatic heterocycles. The van der Waals surface area contributed by atoms with E-state index in [9.17, 15) is 9.59 Å². The van der Waals surface area contributed by atoms with Crippen molar-refractivity contribution in [1.29, 1.82) is 0 Å². The highest BCUT2D eigenvalue weighted by Crippen LogP contribution is 2.41. The van der Waals surface area contributed by atoms with Gasteiger partial charge >= 0.3 is 12.2 Å². The number of likely N-dealkylation sites (tertiary alicyclic amines) is 2. The molecule has 6 nitrogen and oxygen atoms in total. The smallest absolute Gasteiger partial charge is 0.410 e. The van der Waals surface area contributed by atoms with Crippen LogP contribution in [0.2, 0.25) is 0 Å². The van der Waals surface area contributed by atoms with Crippen molar-refractivity contribution in [3.8, 4) is 0 Å². The first kappa shape index (κ1) is 18.5. The average Bonchev–Trinajstić information content (AvgIpc) is 2.57. The lowest BCUT2D eigenvalue weighted by Gasteiger charge is -2.53. The van der Waals surface area contributed by atoms with E-state index >= 15 is 0 Å². The molecule has 0 bridgehead atoms. The number of piperidine rings is 1. The van der Waals surface area contributed by atoms with Gasteiger partial charge in [-0.3, -0.25) is 0 Å². The highest BCUT2D eigenvalue weighted by atomic mass is 16.6. The molecule has 26 heavy (non-hydrogen) atoms. The van der Waals surface area contributed by atoms with Crippen LogP contribution >= 0.6 is 0 Å². The fourth-order valence-corrected chi connectivity index (χ4v) is 3.51. The lowest BCUT2D eigenvalue weighted by Crippen LogP contribution is -2.62. The molecule has 0 saturated carbocycles. The largest absolute Gasteiger partial charge is 0.445 e. The van der Waals surface area contributed by atoms with E-state index in [1.807, 2.05) is 51.1 Å². The fourth-order valence-electron chi connectivity index (χ4n) is 3.51. The minimum absolute atomic E-state index is 0.129. The third-order valence-electron chi connectivity index (χ3n) is 4.99. The first-order valence-electron chi connectivity index (χ1n) is 9.20. The maximum atomic E-state index is 12.2. The molecule has 2 fully saturated rings. The van der Waals surface area contributed by atoms with Gasteiger partial charge in [0.05, 0.1) is 0 Å². The van der Waals surface area contributed by atoms with Crippen LogP contribution in [0.15, 0.2) is 30.3 Å². The van der Waals surface area contributed by atoms with Gasteiger partial charge in [-0.1, -0.05) is 30.3 Å². The van der Waals surface area contributed by atoms with Crippen LogP contribution in [0.3, 0.4) is 0 Å². The van der Waals surface area contributed by atoms with Gasteiger partial charge in [0, 0.05) is 31.6 Å². The van der Waals surface area contributed by atoms with Crippen molar-refractivity contribution in [1.82, 2.24) is 9.80 Å². The quantitative estimate of drug-likeness (QED) is 0.808. The van der Waals surface area contributed by atoms with Gasteiger partial charge in [0.1, 0.15) is 12.2 Å². The van der Waals surface area contributed by atoms with Crippen LogP contribution in [0, 0.1) is 5.41 Å². The maximum Gasteiger partial charge on any atom is 0.410 e. The first-order valence-corrected chi connectivity index (χ1v) is 9.20. The summed E-state index contributed by atoms with van der Waals surface area (Å²) in [5, 5.41) is 0. The highest BCUT2D eigenvalue weighted by molar-refractivity contribution is 5.69. The van der Waals surface area contributed by atoms with Crippen LogP contribution in [0.5, 0.6) is 0 Å². The van der Waals surface area contributed by atoms with Gasteiger partial charge in [-0.05, 0) is 39.2 Å². The molecule has 0 unspecified atom stereocenters. The summed E-state index contributed by atoms with van der Waals surface area (Å²) >= 11 is 0. The summed E-state index contributed by atoms with van der Waals surface area (Å²) in [6.07, 6.45) is 1.29. The SMILES string of the molecule is CC(C)(C)OC(=O)N1CCC2(CC1)CN(C(=O)OCc1ccccc1)C2.